The summed E-state index contributed by atoms with van der Waals surface area (Å²) in [6.45, 7) is 5.97. The molecule has 0 aliphatic carbocycles. The minimum absolute atomic E-state index is 0. The summed E-state index contributed by atoms with van der Waals surface area (Å²) in [5.41, 5.74) is 4.19. The lowest BCUT2D eigenvalue weighted by atomic mass is 10.2. The van der Waals surface area contributed by atoms with E-state index in [9.17, 15) is 0 Å². The predicted octanol–water partition coefficient (Wildman–Crippen LogP) is 6.48. The van der Waals surface area contributed by atoms with Crippen molar-refractivity contribution in [2.75, 3.05) is 19.5 Å². The predicted molar refractivity (Wildman–Crippen MR) is 129 cm³/mol. The maximum Gasteiger partial charge on any atom is 0.168 e. The molecule has 0 unspecified atom stereocenters. The van der Waals surface area contributed by atoms with Crippen molar-refractivity contribution < 1.29 is 15.3 Å². The molecule has 0 fully saturated rings. The van der Waals surface area contributed by atoms with E-state index < -0.39 is 0 Å². The number of aromatic nitrogens is 3. The number of fused-ring (bicyclic) bond motifs is 2. The van der Waals surface area contributed by atoms with Gasteiger partial charge in [0.15, 0.2) is 17.1 Å². The van der Waals surface area contributed by atoms with Crippen LogP contribution in [-0.2, 0) is 0 Å². The van der Waals surface area contributed by atoms with Crippen LogP contribution in [0.25, 0.3) is 27.9 Å². The summed E-state index contributed by atoms with van der Waals surface area (Å²) in [7, 11) is 3.25. The first kappa shape index (κ1) is 21.2. The van der Waals surface area contributed by atoms with Gasteiger partial charge in [-0.1, -0.05) is 32.0 Å². The number of rotatable bonds is 5. The molecule has 1 N–H and O–H groups in total. The van der Waals surface area contributed by atoms with E-state index in [-0.39, 0.29) is 1.43 Å². The van der Waals surface area contributed by atoms with Crippen molar-refractivity contribution in [1.82, 2.24) is 14.6 Å². The van der Waals surface area contributed by atoms with Crippen LogP contribution in [0.15, 0.2) is 65.3 Å². The first-order valence-corrected chi connectivity index (χ1v) is 10.5. The maximum atomic E-state index is 6.01. The second-order valence-corrected chi connectivity index (χ2v) is 6.94. The molecule has 0 atom stereocenters. The van der Waals surface area contributed by atoms with Crippen molar-refractivity contribution in [2.24, 2.45) is 0 Å². The van der Waals surface area contributed by atoms with Gasteiger partial charge in [-0.2, -0.15) is 5.10 Å². The van der Waals surface area contributed by atoms with E-state index in [1.807, 2.05) is 75.5 Å². The highest BCUT2D eigenvalue weighted by Crippen LogP contribution is 2.35. The third-order valence-electron chi connectivity index (χ3n) is 5.00. The lowest BCUT2D eigenvalue weighted by molar-refractivity contribution is 0.353. The average molecular weight is 433 g/mol. The Balaban J connectivity index is 0.000000994. The Morgan fingerprint density at radius 1 is 1.03 bits per heavy atom. The van der Waals surface area contributed by atoms with Gasteiger partial charge in [0.2, 0.25) is 0 Å². The number of nitrogens with one attached hydrogen (secondary N) is 1. The molecule has 0 saturated carbocycles. The summed E-state index contributed by atoms with van der Waals surface area (Å²) >= 11 is 0. The topological polar surface area (TPSA) is 73.8 Å². The minimum Gasteiger partial charge on any atom is -0.493 e. The highest BCUT2D eigenvalue weighted by atomic mass is 16.5. The Labute approximate surface area is 188 Å². The number of furan rings is 1. The number of para-hydroxylation sites is 1. The average Bonchev–Trinajstić information content (AvgIpc) is 3.43. The summed E-state index contributed by atoms with van der Waals surface area (Å²) in [6.07, 6.45) is 3.63. The molecule has 0 radical (unpaired) electrons. The van der Waals surface area contributed by atoms with Crippen LogP contribution >= 0.6 is 0 Å². The lowest BCUT2D eigenvalue weighted by Gasteiger charge is -2.14. The molecular weight excluding hydrogens is 404 g/mol. The summed E-state index contributed by atoms with van der Waals surface area (Å²) < 4.78 is 18.6. The standard InChI is InChI=1S/C23H20N4O3.C2H6.H2/c1-14-10-16(12-20(28-2)22(14)29-3)25-21-8-9-27-23(26-21)17(13-24-27)19-11-15-6-4-5-7-18(15)30-19;1-2;/h4-13H,1-3H3,(H,25,26);1-2H3;1H. The molecule has 0 amide bonds. The first-order chi connectivity index (χ1) is 15.7. The number of benzene rings is 2. The molecule has 0 aliphatic rings. The van der Waals surface area contributed by atoms with Gasteiger partial charge in [-0.05, 0) is 36.8 Å². The Kier molecular flexibility index (Phi) is 5.98. The highest BCUT2D eigenvalue weighted by Gasteiger charge is 2.14. The summed E-state index contributed by atoms with van der Waals surface area (Å²) in [5.74, 6) is 2.80. The van der Waals surface area contributed by atoms with Gasteiger partial charge in [-0.15, -0.1) is 0 Å². The van der Waals surface area contributed by atoms with Gasteiger partial charge in [-0.25, -0.2) is 9.50 Å². The highest BCUT2D eigenvalue weighted by molar-refractivity contribution is 5.86. The molecule has 5 aromatic rings. The zero-order valence-corrected chi connectivity index (χ0v) is 18.8. The van der Waals surface area contributed by atoms with Gasteiger partial charge < -0.3 is 19.2 Å². The summed E-state index contributed by atoms with van der Waals surface area (Å²) in [5, 5.41) is 8.79. The van der Waals surface area contributed by atoms with Gasteiger partial charge in [0.1, 0.15) is 17.2 Å². The van der Waals surface area contributed by atoms with Crippen molar-refractivity contribution in [3.05, 3.63) is 66.5 Å². The number of anilines is 2. The molecule has 0 aliphatic heterocycles. The summed E-state index contributed by atoms with van der Waals surface area (Å²) in [4.78, 5) is 4.76. The van der Waals surface area contributed by atoms with Crippen LogP contribution in [-0.4, -0.2) is 28.8 Å². The van der Waals surface area contributed by atoms with Crippen molar-refractivity contribution >= 4 is 28.1 Å². The molecule has 2 aromatic carbocycles. The number of hydrogen-bond acceptors (Lipinski definition) is 6. The summed E-state index contributed by atoms with van der Waals surface area (Å²) in [6, 6.07) is 15.7. The Morgan fingerprint density at radius 3 is 2.59 bits per heavy atom. The Bertz CT molecular complexity index is 1340. The molecule has 0 bridgehead atoms. The first-order valence-electron chi connectivity index (χ1n) is 10.5. The van der Waals surface area contributed by atoms with Gasteiger partial charge in [0, 0.05) is 24.8 Å². The second-order valence-electron chi connectivity index (χ2n) is 6.94. The van der Waals surface area contributed by atoms with Crippen LogP contribution in [0.2, 0.25) is 0 Å². The van der Waals surface area contributed by atoms with E-state index in [4.69, 9.17) is 18.9 Å². The smallest absolute Gasteiger partial charge is 0.168 e. The van der Waals surface area contributed by atoms with E-state index in [0.717, 1.165) is 39.3 Å². The normalized spacial score (nSPS) is 10.7. The van der Waals surface area contributed by atoms with Crippen LogP contribution in [0.4, 0.5) is 11.5 Å². The number of nitrogens with zero attached hydrogens (tertiary/aromatic N) is 3. The van der Waals surface area contributed by atoms with E-state index in [0.29, 0.717) is 17.2 Å². The fraction of sp³-hybridized carbons (Fsp3) is 0.200. The maximum absolute atomic E-state index is 6.01. The molecule has 0 spiro atoms. The minimum atomic E-state index is 0. The van der Waals surface area contributed by atoms with E-state index in [1.165, 1.54) is 0 Å². The van der Waals surface area contributed by atoms with Crippen LogP contribution in [0, 0.1) is 6.92 Å². The molecule has 166 valence electrons. The molecule has 32 heavy (non-hydrogen) atoms. The third kappa shape index (κ3) is 3.85. The number of methoxy groups -OCH3 is 2. The van der Waals surface area contributed by atoms with Gasteiger partial charge in [-0.3, -0.25) is 0 Å². The van der Waals surface area contributed by atoms with Gasteiger partial charge in [0.05, 0.1) is 26.0 Å². The number of aryl methyl sites for hydroxylation is 1. The SMILES string of the molecule is CC.COc1cc(Nc2ccn3ncc(-c4cc5ccccc5o4)c3n2)cc(C)c1OC.[HH]. The zero-order chi connectivity index (χ0) is 22.7. The second kappa shape index (κ2) is 9.01. The number of hydrogen-bond donors (Lipinski definition) is 1. The fourth-order valence-corrected chi connectivity index (χ4v) is 3.60. The van der Waals surface area contributed by atoms with Crippen LogP contribution < -0.4 is 14.8 Å². The lowest BCUT2D eigenvalue weighted by Crippen LogP contribution is -1.99. The van der Waals surface area contributed by atoms with Crippen LogP contribution in [0.3, 0.4) is 0 Å². The molecule has 3 heterocycles. The largest absolute Gasteiger partial charge is 0.493 e. The quantitative estimate of drug-likeness (QED) is 0.342. The molecular formula is C25H28N4O3. The zero-order valence-electron chi connectivity index (χ0n) is 18.8. The molecule has 7 nitrogen and oxygen atoms in total. The molecule has 5 rings (SSSR count). The van der Waals surface area contributed by atoms with Gasteiger partial charge >= 0.3 is 0 Å². The van der Waals surface area contributed by atoms with Crippen LogP contribution in [0.1, 0.15) is 20.8 Å². The van der Waals surface area contributed by atoms with Gasteiger partial charge in [0.25, 0.3) is 0 Å². The molecule has 7 heteroatoms. The van der Waals surface area contributed by atoms with Crippen molar-refractivity contribution in [3.63, 3.8) is 0 Å². The Morgan fingerprint density at radius 2 is 1.84 bits per heavy atom. The van der Waals surface area contributed by atoms with Crippen molar-refractivity contribution in [1.29, 1.82) is 0 Å². The molecule has 3 aromatic heterocycles. The Hall–Kier alpha value is -4.00. The van der Waals surface area contributed by atoms with E-state index >= 15 is 0 Å². The van der Waals surface area contributed by atoms with E-state index in [2.05, 4.69) is 10.4 Å². The van der Waals surface area contributed by atoms with Crippen LogP contribution in [0.5, 0.6) is 11.5 Å². The van der Waals surface area contributed by atoms with Crippen molar-refractivity contribution in [3.8, 4) is 22.8 Å². The fourth-order valence-electron chi connectivity index (χ4n) is 3.60. The third-order valence-corrected chi connectivity index (χ3v) is 5.00. The van der Waals surface area contributed by atoms with E-state index in [1.54, 1.807) is 24.9 Å². The van der Waals surface area contributed by atoms with Crippen molar-refractivity contribution in [2.45, 2.75) is 20.8 Å². The number of ether oxygens (including phenoxy) is 2. The molecule has 0 saturated heterocycles. The monoisotopic (exact) mass is 432 g/mol.